The van der Waals surface area contributed by atoms with Crippen molar-refractivity contribution in [2.45, 2.75) is 108 Å². The first-order valence-electron chi connectivity index (χ1n) is 12.7. The number of hydrogen-bond donors (Lipinski definition) is 2. The van der Waals surface area contributed by atoms with Crippen molar-refractivity contribution in [3.63, 3.8) is 0 Å². The monoisotopic (exact) mass is 648 g/mol. The number of hydrogen-bond acceptors (Lipinski definition) is 6. The van der Waals surface area contributed by atoms with Gasteiger partial charge in [-0.1, -0.05) is 5.70 Å². The van der Waals surface area contributed by atoms with Gasteiger partial charge in [-0.2, -0.15) is 26.3 Å². The minimum atomic E-state index is -4.62. The van der Waals surface area contributed by atoms with E-state index in [9.17, 15) is 36.6 Å². The number of rotatable bonds is 19. The van der Waals surface area contributed by atoms with Crippen LogP contribution in [0.25, 0.3) is 0 Å². The van der Waals surface area contributed by atoms with Crippen LogP contribution in [0.1, 0.15) is 25.7 Å². The van der Waals surface area contributed by atoms with Crippen LogP contribution in [-0.2, 0) is 16.5 Å². The summed E-state index contributed by atoms with van der Waals surface area (Å²) in [6, 6.07) is -0.413. The molecule has 228 valence electrons. The number of alkyl halides is 6. The molecule has 0 saturated heterocycles. The molecule has 1 atom stereocenters. The summed E-state index contributed by atoms with van der Waals surface area (Å²) in [5, 5.41) is 18.4. The molecule has 0 aromatic heterocycles. The molecular formula is C21H46F6O6Si5. The second-order valence-corrected chi connectivity index (χ2v) is 30.7. The van der Waals surface area contributed by atoms with Gasteiger partial charge in [0.15, 0.2) is 16.6 Å². The maximum Gasteiger partial charge on any atom is 0.389 e. The Balaban J connectivity index is 6.39. The van der Waals surface area contributed by atoms with Crippen molar-refractivity contribution < 1.29 is 53.0 Å². The van der Waals surface area contributed by atoms with Crippen LogP contribution in [0.3, 0.4) is 0 Å². The molecule has 2 N–H and O–H groups in total. The SMILES string of the molecule is C=C[Si](C)(O[Si](C)(C)O[Si](C)(C)CCCO)O[Si](CCC(F)(F)F)(CCC(F)(F)F)O[Si](C)(C)CCCO. The molecule has 0 aromatic rings. The molecule has 0 rings (SSSR count). The molecule has 0 aliphatic heterocycles. The number of halogens is 6. The lowest BCUT2D eigenvalue weighted by Gasteiger charge is -2.45. The van der Waals surface area contributed by atoms with Gasteiger partial charge in [0.25, 0.3) is 0 Å². The third kappa shape index (κ3) is 17.1. The van der Waals surface area contributed by atoms with Crippen LogP contribution in [0.15, 0.2) is 12.3 Å². The second kappa shape index (κ2) is 14.9. The molecule has 0 aliphatic carbocycles. The molecule has 0 fully saturated rings. The fourth-order valence-electron chi connectivity index (χ4n) is 4.28. The molecule has 0 saturated carbocycles. The van der Waals surface area contributed by atoms with Gasteiger partial charge in [-0.25, -0.2) is 0 Å². The molecule has 0 spiro atoms. The van der Waals surface area contributed by atoms with Gasteiger partial charge in [0.2, 0.25) is 0 Å². The van der Waals surface area contributed by atoms with Crippen LogP contribution >= 0.6 is 0 Å². The highest BCUT2D eigenvalue weighted by molar-refractivity contribution is 6.93. The van der Waals surface area contributed by atoms with Crippen LogP contribution in [0.4, 0.5) is 26.3 Å². The van der Waals surface area contributed by atoms with Gasteiger partial charge in [0.05, 0.1) is 0 Å². The normalized spacial score (nSPS) is 16.0. The lowest BCUT2D eigenvalue weighted by atomic mass is 10.5. The van der Waals surface area contributed by atoms with E-state index in [-0.39, 0.29) is 13.2 Å². The highest BCUT2D eigenvalue weighted by atomic mass is 28.5. The Hall–Kier alpha value is 0.164. The predicted octanol–water partition coefficient (Wildman–Crippen LogP) is 7.07. The van der Waals surface area contributed by atoms with Crippen LogP contribution in [0.5, 0.6) is 0 Å². The van der Waals surface area contributed by atoms with E-state index in [4.69, 9.17) is 16.5 Å². The Morgan fingerprint density at radius 2 is 1.03 bits per heavy atom. The molecule has 0 amide bonds. The topological polar surface area (TPSA) is 77.4 Å². The van der Waals surface area contributed by atoms with E-state index in [2.05, 4.69) is 6.58 Å². The third-order valence-electron chi connectivity index (χ3n) is 5.64. The van der Waals surface area contributed by atoms with Crippen LogP contribution in [-0.4, -0.2) is 78.1 Å². The Kier molecular flexibility index (Phi) is 14.9. The fraction of sp³-hybridized carbons (Fsp3) is 0.905. The highest BCUT2D eigenvalue weighted by Gasteiger charge is 2.53. The summed E-state index contributed by atoms with van der Waals surface area (Å²) in [6.45, 7) is 16.0. The summed E-state index contributed by atoms with van der Waals surface area (Å²) in [5.41, 5.74) is 1.36. The largest absolute Gasteiger partial charge is 0.436 e. The molecule has 1 unspecified atom stereocenters. The minimum Gasteiger partial charge on any atom is -0.436 e. The van der Waals surface area contributed by atoms with Crippen molar-refractivity contribution in [1.29, 1.82) is 0 Å². The summed E-state index contributed by atoms with van der Waals surface area (Å²) >= 11 is 0. The van der Waals surface area contributed by atoms with E-state index in [1.165, 1.54) is 5.70 Å². The van der Waals surface area contributed by atoms with Crippen molar-refractivity contribution in [3.8, 4) is 0 Å². The van der Waals surface area contributed by atoms with Crippen LogP contribution < -0.4 is 0 Å². The zero-order valence-corrected chi connectivity index (χ0v) is 28.7. The van der Waals surface area contributed by atoms with Crippen molar-refractivity contribution in [3.05, 3.63) is 12.3 Å². The summed E-state index contributed by atoms with van der Waals surface area (Å²) in [4.78, 5) is 0. The lowest BCUT2D eigenvalue weighted by Crippen LogP contribution is -2.61. The smallest absolute Gasteiger partial charge is 0.389 e. The van der Waals surface area contributed by atoms with E-state index >= 15 is 0 Å². The van der Waals surface area contributed by atoms with Gasteiger partial charge in [-0.3, -0.25) is 0 Å². The number of aliphatic hydroxyl groups excluding tert-OH is 2. The molecule has 0 aliphatic rings. The summed E-state index contributed by atoms with van der Waals surface area (Å²) in [6.07, 6.45) is -11.1. The standard InChI is InChI=1S/C21H46F6O6Si5/c1-9-37(8,32-36(6,7)30-34(2,3)16-10-14-28)33-38(18-12-20(22,23)24,19-13-21(25,26)27)31-35(4,5)17-11-15-29/h9,28-29H,1,10-19H2,2-8H3. The maximum atomic E-state index is 13.4. The van der Waals surface area contributed by atoms with E-state index in [1.807, 2.05) is 13.1 Å². The van der Waals surface area contributed by atoms with Gasteiger partial charge < -0.3 is 26.7 Å². The average Bonchev–Trinajstić information content (AvgIpc) is 2.71. The first-order chi connectivity index (χ1) is 16.9. The van der Waals surface area contributed by atoms with Crippen molar-refractivity contribution in [1.82, 2.24) is 0 Å². The summed E-state index contributed by atoms with van der Waals surface area (Å²) < 4.78 is 106. The minimum absolute atomic E-state index is 0.00465. The lowest BCUT2D eigenvalue weighted by molar-refractivity contribution is -0.133. The molecule has 38 heavy (non-hydrogen) atoms. The van der Waals surface area contributed by atoms with Gasteiger partial charge in [0, 0.05) is 26.1 Å². The first-order valence-corrected chi connectivity index (χ1v) is 26.4. The fourth-order valence-corrected chi connectivity index (χ4v) is 28.8. The van der Waals surface area contributed by atoms with Crippen molar-refractivity contribution in [2.75, 3.05) is 13.2 Å². The molecule has 0 bridgehead atoms. The number of aliphatic hydroxyl groups is 2. The van der Waals surface area contributed by atoms with Crippen LogP contribution in [0, 0.1) is 0 Å². The summed E-state index contributed by atoms with van der Waals surface area (Å²) in [5.74, 6) is 0. The Bertz CT molecular complexity index is 706. The highest BCUT2D eigenvalue weighted by Crippen LogP contribution is 2.39. The molecule has 0 aromatic carbocycles. The van der Waals surface area contributed by atoms with Crippen molar-refractivity contribution in [2.24, 2.45) is 0 Å². The first kappa shape index (κ1) is 38.2. The third-order valence-corrected chi connectivity index (χ3v) is 26.1. The van der Waals surface area contributed by atoms with E-state index in [0.29, 0.717) is 24.9 Å². The quantitative estimate of drug-likeness (QED) is 0.115. The van der Waals surface area contributed by atoms with Gasteiger partial charge in [0.1, 0.15) is 0 Å². The molecule has 6 nitrogen and oxygen atoms in total. The molecular weight excluding hydrogens is 603 g/mol. The Morgan fingerprint density at radius 3 is 1.37 bits per heavy atom. The second-order valence-electron chi connectivity index (χ2n) is 11.3. The maximum absolute atomic E-state index is 13.4. The molecule has 0 heterocycles. The van der Waals surface area contributed by atoms with E-state index < -0.39 is 79.6 Å². The summed E-state index contributed by atoms with van der Waals surface area (Å²) in [7, 11) is -15.9. The zero-order chi connectivity index (χ0) is 30.1. The van der Waals surface area contributed by atoms with Crippen LogP contribution in [0.2, 0.25) is 70.0 Å². The van der Waals surface area contributed by atoms with Gasteiger partial charge >= 0.3 is 38.0 Å². The molecule has 0 radical (unpaired) electrons. The Morgan fingerprint density at radius 1 is 0.632 bits per heavy atom. The average molecular weight is 649 g/mol. The zero-order valence-electron chi connectivity index (χ0n) is 23.7. The van der Waals surface area contributed by atoms with Crippen molar-refractivity contribution >= 4 is 42.3 Å². The predicted molar refractivity (Wildman–Crippen MR) is 148 cm³/mol. The van der Waals surface area contributed by atoms with Gasteiger partial charge in [-0.05, 0) is 82.8 Å². The molecule has 17 heteroatoms. The van der Waals surface area contributed by atoms with E-state index in [1.54, 1.807) is 32.7 Å². The van der Waals surface area contributed by atoms with Gasteiger partial charge in [-0.15, -0.1) is 6.58 Å². The van der Waals surface area contributed by atoms with E-state index in [0.717, 1.165) is 0 Å². The Labute approximate surface area is 228 Å².